The highest BCUT2D eigenvalue weighted by Crippen LogP contribution is 2.31. The van der Waals surface area contributed by atoms with Crippen LogP contribution in [0.3, 0.4) is 0 Å². The summed E-state index contributed by atoms with van der Waals surface area (Å²) in [6.07, 6.45) is 1.49. The minimum atomic E-state index is -0.592. The molecule has 0 spiro atoms. The van der Waals surface area contributed by atoms with Gasteiger partial charge in [-0.05, 0) is 12.1 Å². The molecule has 0 radical (unpaired) electrons. The van der Waals surface area contributed by atoms with E-state index in [4.69, 9.17) is 28.9 Å². The van der Waals surface area contributed by atoms with Gasteiger partial charge in [0.2, 0.25) is 0 Å². The normalized spacial score (nSPS) is 10.5. The summed E-state index contributed by atoms with van der Waals surface area (Å²) in [5.41, 5.74) is 5.99. The van der Waals surface area contributed by atoms with Crippen molar-refractivity contribution in [3.63, 3.8) is 0 Å². The van der Waals surface area contributed by atoms with Crippen LogP contribution in [0.4, 0.5) is 15.8 Å². The first-order valence-electron chi connectivity index (χ1n) is 5.13. The molecule has 2 rings (SSSR count). The number of aryl methyl sites for hydroxylation is 1. The minimum absolute atomic E-state index is 0.00662. The Kier molecular flexibility index (Phi) is 3.64. The van der Waals surface area contributed by atoms with Crippen LogP contribution < -0.4 is 11.1 Å². The summed E-state index contributed by atoms with van der Waals surface area (Å²) in [5.74, 6) is -1.17. The highest BCUT2D eigenvalue weighted by atomic mass is 35.5. The van der Waals surface area contributed by atoms with E-state index >= 15 is 0 Å². The molecule has 0 aliphatic rings. The van der Waals surface area contributed by atoms with E-state index in [9.17, 15) is 9.18 Å². The number of nitrogens with zero attached hydrogens (tertiary/aromatic N) is 2. The van der Waals surface area contributed by atoms with Crippen LogP contribution in [-0.2, 0) is 7.05 Å². The summed E-state index contributed by atoms with van der Waals surface area (Å²) in [7, 11) is 1.63. The molecule has 2 aromatic rings. The van der Waals surface area contributed by atoms with E-state index in [2.05, 4.69) is 10.4 Å². The van der Waals surface area contributed by atoms with Crippen molar-refractivity contribution >= 4 is 40.5 Å². The van der Waals surface area contributed by atoms with Gasteiger partial charge < -0.3 is 11.1 Å². The molecule has 19 heavy (non-hydrogen) atoms. The molecular weight excluding hydrogens is 294 g/mol. The molecule has 1 heterocycles. The molecule has 0 atom stereocenters. The lowest BCUT2D eigenvalue weighted by molar-refractivity contribution is 0.102. The molecule has 0 fully saturated rings. The molecule has 3 N–H and O–H groups in total. The monoisotopic (exact) mass is 302 g/mol. The maximum Gasteiger partial charge on any atom is 0.278 e. The molecule has 1 amide bonds. The molecule has 0 aliphatic carbocycles. The number of nitrogens with one attached hydrogen (secondary N) is 1. The number of benzene rings is 1. The Labute approximate surface area is 118 Å². The van der Waals surface area contributed by atoms with E-state index in [-0.39, 0.29) is 27.1 Å². The predicted octanol–water partition coefficient (Wildman–Crippen LogP) is 2.70. The smallest absolute Gasteiger partial charge is 0.278 e. The zero-order valence-corrected chi connectivity index (χ0v) is 11.3. The van der Waals surface area contributed by atoms with Crippen molar-refractivity contribution in [2.24, 2.45) is 7.05 Å². The van der Waals surface area contributed by atoms with Crippen LogP contribution in [0.2, 0.25) is 10.0 Å². The second-order valence-corrected chi connectivity index (χ2v) is 4.62. The molecule has 0 saturated heterocycles. The van der Waals surface area contributed by atoms with Gasteiger partial charge in [0.25, 0.3) is 5.91 Å². The van der Waals surface area contributed by atoms with Crippen LogP contribution in [0.25, 0.3) is 0 Å². The molecule has 8 heteroatoms. The molecule has 100 valence electrons. The number of hydrogen-bond donors (Lipinski definition) is 2. The van der Waals surface area contributed by atoms with Crippen molar-refractivity contribution < 1.29 is 9.18 Å². The maximum absolute atomic E-state index is 13.0. The highest BCUT2D eigenvalue weighted by molar-refractivity contribution is 6.40. The zero-order valence-electron chi connectivity index (χ0n) is 9.75. The van der Waals surface area contributed by atoms with Crippen LogP contribution in [-0.4, -0.2) is 15.7 Å². The first kappa shape index (κ1) is 13.6. The second kappa shape index (κ2) is 5.07. The third kappa shape index (κ3) is 2.80. The van der Waals surface area contributed by atoms with Crippen molar-refractivity contribution in [2.75, 3.05) is 11.1 Å². The lowest BCUT2D eigenvalue weighted by Crippen LogP contribution is -2.15. The van der Waals surface area contributed by atoms with Crippen LogP contribution in [0.15, 0.2) is 18.3 Å². The maximum atomic E-state index is 13.0. The minimum Gasteiger partial charge on any atom is -0.396 e. The van der Waals surface area contributed by atoms with Crippen molar-refractivity contribution in [3.8, 4) is 0 Å². The van der Waals surface area contributed by atoms with Gasteiger partial charge in [0, 0.05) is 13.2 Å². The molecule has 0 bridgehead atoms. The second-order valence-electron chi connectivity index (χ2n) is 3.81. The third-order valence-corrected chi connectivity index (χ3v) is 2.91. The van der Waals surface area contributed by atoms with E-state index in [1.807, 2.05) is 0 Å². The van der Waals surface area contributed by atoms with Gasteiger partial charge in [-0.1, -0.05) is 23.2 Å². The van der Waals surface area contributed by atoms with Crippen molar-refractivity contribution in [1.29, 1.82) is 0 Å². The van der Waals surface area contributed by atoms with Gasteiger partial charge in [-0.25, -0.2) is 4.39 Å². The van der Waals surface area contributed by atoms with Gasteiger partial charge in [0.1, 0.15) is 5.82 Å². The van der Waals surface area contributed by atoms with Gasteiger partial charge in [0.15, 0.2) is 5.69 Å². The van der Waals surface area contributed by atoms with Crippen LogP contribution >= 0.6 is 23.2 Å². The van der Waals surface area contributed by atoms with E-state index in [1.165, 1.54) is 10.9 Å². The topological polar surface area (TPSA) is 72.9 Å². The number of carbonyl (C=O) groups is 1. The van der Waals surface area contributed by atoms with Gasteiger partial charge in [-0.15, -0.1) is 0 Å². The Morgan fingerprint density at radius 1 is 1.42 bits per heavy atom. The number of halogens is 3. The van der Waals surface area contributed by atoms with E-state index in [0.717, 1.165) is 12.1 Å². The molecular formula is C11H9Cl2FN4O. The molecule has 1 aromatic carbocycles. The van der Waals surface area contributed by atoms with Crippen LogP contribution in [0.5, 0.6) is 0 Å². The molecule has 1 aromatic heterocycles. The summed E-state index contributed by atoms with van der Waals surface area (Å²) in [6.45, 7) is 0. The number of rotatable bonds is 2. The van der Waals surface area contributed by atoms with E-state index in [0.29, 0.717) is 0 Å². The molecule has 0 saturated carbocycles. The highest BCUT2D eigenvalue weighted by Gasteiger charge is 2.17. The Balaban J connectivity index is 2.32. The van der Waals surface area contributed by atoms with E-state index in [1.54, 1.807) is 7.05 Å². The first-order valence-corrected chi connectivity index (χ1v) is 5.89. The summed E-state index contributed by atoms with van der Waals surface area (Å²) < 4.78 is 14.4. The van der Waals surface area contributed by atoms with Crippen LogP contribution in [0.1, 0.15) is 10.5 Å². The fourth-order valence-corrected chi connectivity index (χ4v) is 2.07. The SMILES string of the molecule is Cn1cc(N)c(C(=O)Nc2c(Cl)cc(F)cc2Cl)n1. The summed E-state index contributed by atoms with van der Waals surface area (Å²) in [5, 5.41) is 6.34. The number of nitrogens with two attached hydrogens (primary N) is 1. The molecule has 0 unspecified atom stereocenters. The molecule has 0 aliphatic heterocycles. The van der Waals surface area contributed by atoms with Crippen LogP contribution in [0, 0.1) is 5.82 Å². The first-order chi connectivity index (χ1) is 8.88. The number of carbonyl (C=O) groups excluding carboxylic acids is 1. The quantitative estimate of drug-likeness (QED) is 0.896. The lowest BCUT2D eigenvalue weighted by atomic mass is 10.3. The van der Waals surface area contributed by atoms with E-state index < -0.39 is 11.7 Å². The number of aromatic nitrogens is 2. The fourth-order valence-electron chi connectivity index (χ4n) is 1.52. The summed E-state index contributed by atoms with van der Waals surface area (Å²) in [4.78, 5) is 12.0. The average molecular weight is 303 g/mol. The predicted molar refractivity (Wildman–Crippen MR) is 72.0 cm³/mol. The molecule has 5 nitrogen and oxygen atoms in total. The summed E-state index contributed by atoms with van der Waals surface area (Å²) >= 11 is 11.6. The Morgan fingerprint density at radius 2 is 2.00 bits per heavy atom. The fraction of sp³-hybridized carbons (Fsp3) is 0.0909. The lowest BCUT2D eigenvalue weighted by Gasteiger charge is -2.08. The Morgan fingerprint density at radius 3 is 2.47 bits per heavy atom. The number of hydrogen-bond acceptors (Lipinski definition) is 3. The van der Waals surface area contributed by atoms with Gasteiger partial charge in [-0.2, -0.15) is 5.10 Å². The zero-order chi connectivity index (χ0) is 14.2. The van der Waals surface area contributed by atoms with Gasteiger partial charge in [-0.3, -0.25) is 9.48 Å². The Hall–Kier alpha value is -1.79. The van der Waals surface area contributed by atoms with Gasteiger partial charge >= 0.3 is 0 Å². The Bertz CT molecular complexity index is 633. The summed E-state index contributed by atoms with van der Waals surface area (Å²) in [6, 6.07) is 2.09. The van der Waals surface area contributed by atoms with Gasteiger partial charge in [0.05, 0.1) is 21.4 Å². The van der Waals surface area contributed by atoms with Crippen molar-refractivity contribution in [2.45, 2.75) is 0 Å². The van der Waals surface area contributed by atoms with Crippen molar-refractivity contribution in [1.82, 2.24) is 9.78 Å². The third-order valence-electron chi connectivity index (χ3n) is 2.32. The number of amides is 1. The standard InChI is InChI=1S/C11H9Cl2FN4O/c1-18-4-8(15)10(17-18)11(19)16-9-6(12)2-5(14)3-7(9)13/h2-4H,15H2,1H3,(H,16,19). The largest absolute Gasteiger partial charge is 0.396 e. The average Bonchev–Trinajstić information content (AvgIpc) is 2.62. The van der Waals surface area contributed by atoms with Crippen molar-refractivity contribution in [3.05, 3.63) is 39.9 Å². The number of anilines is 2. The number of nitrogen functional groups attached to an aromatic ring is 1.